The van der Waals surface area contributed by atoms with Gasteiger partial charge in [0.05, 0.1) is 25.6 Å². The highest BCUT2D eigenvalue weighted by Crippen LogP contribution is 2.20. The van der Waals surface area contributed by atoms with E-state index in [9.17, 15) is 0 Å². The SMILES string of the molecule is COc1ccc(C(=NN(C)c2ccccc2)c2ccc(OC)cc2)cc1. The van der Waals surface area contributed by atoms with Gasteiger partial charge >= 0.3 is 0 Å². The van der Waals surface area contributed by atoms with E-state index < -0.39 is 0 Å². The molecule has 26 heavy (non-hydrogen) atoms. The lowest BCUT2D eigenvalue weighted by Crippen LogP contribution is -2.15. The van der Waals surface area contributed by atoms with E-state index in [0.29, 0.717) is 0 Å². The van der Waals surface area contributed by atoms with Crippen LogP contribution in [-0.2, 0) is 0 Å². The van der Waals surface area contributed by atoms with Gasteiger partial charge in [0.2, 0.25) is 0 Å². The van der Waals surface area contributed by atoms with E-state index >= 15 is 0 Å². The first-order chi connectivity index (χ1) is 12.7. The third-order valence-electron chi connectivity index (χ3n) is 4.11. The molecule has 3 rings (SSSR count). The predicted molar refractivity (Wildman–Crippen MR) is 106 cm³/mol. The first-order valence-corrected chi connectivity index (χ1v) is 8.37. The Morgan fingerprint density at radius 2 is 1.15 bits per heavy atom. The zero-order chi connectivity index (χ0) is 18.4. The summed E-state index contributed by atoms with van der Waals surface area (Å²) in [6, 6.07) is 25.9. The second kappa shape index (κ2) is 8.21. The van der Waals surface area contributed by atoms with Crippen LogP contribution >= 0.6 is 0 Å². The average molecular weight is 346 g/mol. The summed E-state index contributed by atoms with van der Waals surface area (Å²) in [6.07, 6.45) is 0. The highest BCUT2D eigenvalue weighted by atomic mass is 16.5. The van der Waals surface area contributed by atoms with Crippen LogP contribution in [0.3, 0.4) is 0 Å². The zero-order valence-corrected chi connectivity index (χ0v) is 15.2. The number of para-hydroxylation sites is 1. The molecule has 0 saturated carbocycles. The molecule has 0 unspecified atom stereocenters. The van der Waals surface area contributed by atoms with Gasteiger partial charge in [0, 0.05) is 18.2 Å². The highest BCUT2D eigenvalue weighted by molar-refractivity contribution is 6.13. The molecule has 0 atom stereocenters. The molecule has 132 valence electrons. The number of hydrogen-bond donors (Lipinski definition) is 0. The summed E-state index contributed by atoms with van der Waals surface area (Å²) in [4.78, 5) is 0. The molecule has 0 saturated heterocycles. The summed E-state index contributed by atoms with van der Waals surface area (Å²) in [5.41, 5.74) is 3.92. The maximum Gasteiger partial charge on any atom is 0.118 e. The van der Waals surface area contributed by atoms with Crippen LogP contribution < -0.4 is 14.5 Å². The van der Waals surface area contributed by atoms with Gasteiger partial charge in [-0.3, -0.25) is 5.01 Å². The van der Waals surface area contributed by atoms with E-state index in [-0.39, 0.29) is 0 Å². The molecular weight excluding hydrogens is 324 g/mol. The summed E-state index contributed by atoms with van der Waals surface area (Å²) in [6.45, 7) is 0. The molecule has 0 aromatic heterocycles. The average Bonchev–Trinajstić information content (AvgIpc) is 2.73. The van der Waals surface area contributed by atoms with Crippen LogP contribution in [0.1, 0.15) is 11.1 Å². The normalized spacial score (nSPS) is 10.1. The van der Waals surface area contributed by atoms with Gasteiger partial charge in [0.15, 0.2) is 0 Å². The van der Waals surface area contributed by atoms with Gasteiger partial charge in [0.25, 0.3) is 0 Å². The van der Waals surface area contributed by atoms with Crippen molar-refractivity contribution < 1.29 is 9.47 Å². The van der Waals surface area contributed by atoms with E-state index in [4.69, 9.17) is 14.6 Å². The number of benzene rings is 3. The third kappa shape index (κ3) is 4.03. The van der Waals surface area contributed by atoms with Crippen molar-refractivity contribution >= 4 is 11.4 Å². The number of methoxy groups -OCH3 is 2. The second-order valence-corrected chi connectivity index (χ2v) is 5.76. The van der Waals surface area contributed by atoms with Crippen molar-refractivity contribution in [1.82, 2.24) is 0 Å². The van der Waals surface area contributed by atoms with Crippen molar-refractivity contribution in [3.05, 3.63) is 90.0 Å². The van der Waals surface area contributed by atoms with Crippen LogP contribution in [0.2, 0.25) is 0 Å². The number of ether oxygens (including phenoxy) is 2. The Balaban J connectivity index is 2.03. The molecule has 0 spiro atoms. The van der Waals surface area contributed by atoms with Crippen LogP contribution in [0.25, 0.3) is 0 Å². The largest absolute Gasteiger partial charge is 0.497 e. The lowest BCUT2D eigenvalue weighted by Gasteiger charge is -2.17. The number of anilines is 1. The Morgan fingerprint density at radius 1 is 0.692 bits per heavy atom. The van der Waals surface area contributed by atoms with E-state index in [1.54, 1.807) is 14.2 Å². The summed E-state index contributed by atoms with van der Waals surface area (Å²) >= 11 is 0. The van der Waals surface area contributed by atoms with Gasteiger partial charge in [-0.15, -0.1) is 0 Å². The van der Waals surface area contributed by atoms with Gasteiger partial charge in [-0.1, -0.05) is 18.2 Å². The molecule has 3 aromatic rings. The molecule has 0 amide bonds. The molecule has 0 fully saturated rings. The van der Waals surface area contributed by atoms with E-state index in [2.05, 4.69) is 0 Å². The lowest BCUT2D eigenvalue weighted by molar-refractivity contribution is 0.414. The van der Waals surface area contributed by atoms with Crippen molar-refractivity contribution in [2.45, 2.75) is 0 Å². The first-order valence-electron chi connectivity index (χ1n) is 8.37. The van der Waals surface area contributed by atoms with Crippen molar-refractivity contribution in [3.8, 4) is 11.5 Å². The number of hydrogen-bond acceptors (Lipinski definition) is 4. The molecule has 4 nitrogen and oxygen atoms in total. The number of hydrazone groups is 1. The maximum absolute atomic E-state index is 5.27. The Kier molecular flexibility index (Phi) is 5.54. The van der Waals surface area contributed by atoms with E-state index in [1.165, 1.54) is 0 Å². The molecule has 4 heteroatoms. The van der Waals surface area contributed by atoms with Gasteiger partial charge in [-0.2, -0.15) is 5.10 Å². The minimum atomic E-state index is 0.819. The van der Waals surface area contributed by atoms with E-state index in [1.807, 2.05) is 90.9 Å². The Bertz CT molecular complexity index is 807. The fourth-order valence-corrected chi connectivity index (χ4v) is 2.63. The monoisotopic (exact) mass is 346 g/mol. The van der Waals surface area contributed by atoms with E-state index in [0.717, 1.165) is 34.0 Å². The molecular formula is C22H22N2O2. The summed E-state index contributed by atoms with van der Waals surface area (Å²) in [7, 11) is 5.27. The highest BCUT2D eigenvalue weighted by Gasteiger charge is 2.10. The van der Waals surface area contributed by atoms with Crippen molar-refractivity contribution in [2.24, 2.45) is 5.10 Å². The molecule has 0 radical (unpaired) electrons. The summed E-state index contributed by atoms with van der Waals surface area (Å²) < 4.78 is 10.5. The Hall–Kier alpha value is -3.27. The van der Waals surface area contributed by atoms with Crippen molar-refractivity contribution in [3.63, 3.8) is 0 Å². The minimum Gasteiger partial charge on any atom is -0.497 e. The maximum atomic E-state index is 5.27. The molecule has 0 aliphatic rings. The van der Waals surface area contributed by atoms with Gasteiger partial charge in [-0.25, -0.2) is 0 Å². The third-order valence-corrected chi connectivity index (χ3v) is 4.11. The minimum absolute atomic E-state index is 0.819. The Labute approximate surface area is 154 Å². The van der Waals surface area contributed by atoms with Crippen molar-refractivity contribution in [2.75, 3.05) is 26.3 Å². The fraction of sp³-hybridized carbons (Fsp3) is 0.136. The molecule has 0 aliphatic carbocycles. The number of nitrogens with zero attached hydrogens (tertiary/aromatic N) is 2. The second-order valence-electron chi connectivity index (χ2n) is 5.76. The van der Waals surface area contributed by atoms with Crippen molar-refractivity contribution in [1.29, 1.82) is 0 Å². The molecule has 0 bridgehead atoms. The Morgan fingerprint density at radius 3 is 1.58 bits per heavy atom. The summed E-state index contributed by atoms with van der Waals surface area (Å²) in [5.74, 6) is 1.64. The quantitative estimate of drug-likeness (QED) is 0.483. The van der Waals surface area contributed by atoms with Gasteiger partial charge < -0.3 is 9.47 Å². The molecule has 0 N–H and O–H groups in total. The van der Waals surface area contributed by atoms with Crippen LogP contribution in [0.5, 0.6) is 11.5 Å². The standard InChI is InChI=1S/C22H22N2O2/c1-24(19-7-5-4-6-8-19)23-22(17-9-13-20(25-2)14-10-17)18-11-15-21(26-3)16-12-18/h4-16H,1-3H3. The smallest absolute Gasteiger partial charge is 0.118 e. The molecule has 0 heterocycles. The van der Waals surface area contributed by atoms with Crippen LogP contribution in [0.15, 0.2) is 84.0 Å². The molecule has 0 aliphatic heterocycles. The first kappa shape index (κ1) is 17.5. The fourth-order valence-electron chi connectivity index (χ4n) is 2.63. The number of rotatable bonds is 6. The topological polar surface area (TPSA) is 34.1 Å². The zero-order valence-electron chi connectivity index (χ0n) is 15.2. The van der Waals surface area contributed by atoms with Gasteiger partial charge in [-0.05, 0) is 60.7 Å². The van der Waals surface area contributed by atoms with Crippen LogP contribution in [0.4, 0.5) is 5.69 Å². The van der Waals surface area contributed by atoms with Crippen LogP contribution in [0, 0.1) is 0 Å². The predicted octanol–water partition coefficient (Wildman–Crippen LogP) is 4.59. The molecule has 3 aromatic carbocycles. The van der Waals surface area contributed by atoms with Gasteiger partial charge in [0.1, 0.15) is 11.5 Å². The van der Waals surface area contributed by atoms with Crippen LogP contribution in [-0.4, -0.2) is 27.0 Å². The summed E-state index contributed by atoms with van der Waals surface area (Å²) in [5, 5.41) is 6.75. The lowest BCUT2D eigenvalue weighted by atomic mass is 10.0.